The average Bonchev–Trinajstić information content (AvgIpc) is 3.05. The molecular weight excluding hydrogens is 522 g/mol. The maximum absolute atomic E-state index is 6.69. The summed E-state index contributed by atoms with van der Waals surface area (Å²) in [4.78, 5) is 15.0. The Morgan fingerprint density at radius 2 is 0.927 bits per heavy atom. The fourth-order valence-corrected chi connectivity index (χ4v) is 5.40. The van der Waals surface area contributed by atoms with Gasteiger partial charge in [0.2, 0.25) is 0 Å². The van der Waals surface area contributed by atoms with Gasteiger partial charge in [-0.2, -0.15) is 0 Å². The van der Waals surface area contributed by atoms with Gasteiger partial charge in [-0.3, -0.25) is 0 Å². The van der Waals surface area contributed by atoms with E-state index in [0.29, 0.717) is 22.5 Å². The molecule has 6 aromatic carbocycles. The Bertz CT molecular complexity index is 2000. The third-order valence-corrected chi connectivity index (χ3v) is 7.51. The van der Waals surface area contributed by atoms with Gasteiger partial charge in [0.15, 0.2) is 17.5 Å². The molecule has 0 amide bonds. The van der Waals surface area contributed by atoms with Gasteiger partial charge in [-0.15, -0.1) is 0 Å². The van der Waals surface area contributed by atoms with Crippen LogP contribution in [-0.2, 0) is 0 Å². The number of aromatic nitrogens is 3. The largest absolute Gasteiger partial charge is 0.208 e. The summed E-state index contributed by atoms with van der Waals surface area (Å²) in [6, 6.07) is 49.3. The summed E-state index contributed by atoms with van der Waals surface area (Å²) in [7, 11) is 0. The first-order valence-corrected chi connectivity index (χ1v) is 13.9. The van der Waals surface area contributed by atoms with Gasteiger partial charge in [-0.05, 0) is 51.7 Å². The van der Waals surface area contributed by atoms with Crippen LogP contribution in [0.25, 0.3) is 67.2 Å². The lowest BCUT2D eigenvalue weighted by Crippen LogP contribution is -2.00. The molecule has 7 aromatic rings. The first-order valence-electron chi connectivity index (χ1n) is 13.5. The van der Waals surface area contributed by atoms with E-state index in [-0.39, 0.29) is 0 Å². The maximum Gasteiger partial charge on any atom is 0.164 e. The third-order valence-electron chi connectivity index (χ3n) is 7.18. The van der Waals surface area contributed by atoms with E-state index in [1.54, 1.807) is 0 Å². The molecule has 0 spiro atoms. The Morgan fingerprint density at radius 1 is 0.366 bits per heavy atom. The van der Waals surface area contributed by atoms with E-state index in [4.69, 9.17) is 26.6 Å². The number of hydrogen-bond donors (Lipinski definition) is 0. The molecule has 0 N–H and O–H groups in total. The predicted octanol–water partition coefficient (Wildman–Crippen LogP) is 10.0. The third kappa shape index (κ3) is 5.00. The zero-order valence-corrected chi connectivity index (χ0v) is 22.8. The van der Waals surface area contributed by atoms with E-state index in [1.165, 1.54) is 0 Å². The number of fused-ring (bicyclic) bond motifs is 1. The molecule has 7 rings (SSSR count). The van der Waals surface area contributed by atoms with Crippen LogP contribution in [0.5, 0.6) is 0 Å². The van der Waals surface area contributed by atoms with E-state index in [2.05, 4.69) is 72.8 Å². The second-order valence-electron chi connectivity index (χ2n) is 9.84. The Hall–Kier alpha value is -5.12. The van der Waals surface area contributed by atoms with Crippen LogP contribution in [0.4, 0.5) is 0 Å². The minimum Gasteiger partial charge on any atom is -0.208 e. The fraction of sp³-hybridized carbons (Fsp3) is 0. The van der Waals surface area contributed by atoms with Crippen molar-refractivity contribution in [2.45, 2.75) is 0 Å². The quantitative estimate of drug-likeness (QED) is 0.216. The highest BCUT2D eigenvalue weighted by atomic mass is 35.5. The van der Waals surface area contributed by atoms with Gasteiger partial charge in [-0.25, -0.2) is 15.0 Å². The average molecular weight is 546 g/mol. The number of rotatable bonds is 5. The van der Waals surface area contributed by atoms with Crippen molar-refractivity contribution in [2.75, 3.05) is 0 Å². The van der Waals surface area contributed by atoms with Crippen molar-refractivity contribution < 1.29 is 0 Å². The standard InChI is InChI=1S/C37H24ClN3/c38-34-21-10-9-20-32(34)33-24-30(23-28-16-7-8-19-31(28)33)37-40-35(26-14-5-2-6-15-26)39-36(41-37)29-18-11-17-27(22-29)25-12-3-1-4-13-25/h1-24H. The second kappa shape index (κ2) is 10.8. The van der Waals surface area contributed by atoms with Crippen LogP contribution in [0.3, 0.4) is 0 Å². The Kier molecular flexibility index (Phi) is 6.56. The molecule has 0 saturated carbocycles. The Morgan fingerprint density at radius 3 is 1.68 bits per heavy atom. The monoisotopic (exact) mass is 545 g/mol. The van der Waals surface area contributed by atoms with Crippen molar-refractivity contribution in [1.82, 2.24) is 15.0 Å². The van der Waals surface area contributed by atoms with Gasteiger partial charge in [0.25, 0.3) is 0 Å². The maximum atomic E-state index is 6.69. The lowest BCUT2D eigenvalue weighted by Gasteiger charge is -2.13. The molecule has 41 heavy (non-hydrogen) atoms. The van der Waals surface area contributed by atoms with E-state index < -0.39 is 0 Å². The summed E-state index contributed by atoms with van der Waals surface area (Å²) in [5, 5.41) is 2.92. The van der Waals surface area contributed by atoms with Crippen molar-refractivity contribution in [1.29, 1.82) is 0 Å². The van der Waals surface area contributed by atoms with Gasteiger partial charge in [-0.1, -0.05) is 133 Å². The van der Waals surface area contributed by atoms with E-state index >= 15 is 0 Å². The van der Waals surface area contributed by atoms with Crippen LogP contribution in [-0.4, -0.2) is 15.0 Å². The normalized spacial score (nSPS) is 11.0. The first kappa shape index (κ1) is 24.9. The molecule has 1 aromatic heterocycles. The first-order chi connectivity index (χ1) is 20.2. The fourth-order valence-electron chi connectivity index (χ4n) is 5.16. The summed E-state index contributed by atoms with van der Waals surface area (Å²) in [5.41, 5.74) is 7.03. The van der Waals surface area contributed by atoms with E-state index in [9.17, 15) is 0 Å². The van der Waals surface area contributed by atoms with Crippen LogP contribution in [0, 0.1) is 0 Å². The summed E-state index contributed by atoms with van der Waals surface area (Å²) in [6.07, 6.45) is 0. The van der Waals surface area contributed by atoms with Crippen molar-refractivity contribution in [3.05, 3.63) is 151 Å². The molecule has 0 radical (unpaired) electrons. The van der Waals surface area contributed by atoms with Crippen LogP contribution in [0.15, 0.2) is 146 Å². The molecule has 0 unspecified atom stereocenters. The molecule has 0 aliphatic carbocycles. The topological polar surface area (TPSA) is 38.7 Å². The number of hydrogen-bond acceptors (Lipinski definition) is 3. The smallest absolute Gasteiger partial charge is 0.164 e. The zero-order valence-electron chi connectivity index (χ0n) is 22.1. The molecule has 1 heterocycles. The number of halogens is 1. The molecular formula is C37H24ClN3. The Labute approximate surface area is 243 Å². The lowest BCUT2D eigenvalue weighted by molar-refractivity contribution is 1.07. The van der Waals surface area contributed by atoms with Gasteiger partial charge in [0.1, 0.15) is 0 Å². The van der Waals surface area contributed by atoms with E-state index in [0.717, 1.165) is 49.7 Å². The summed E-state index contributed by atoms with van der Waals surface area (Å²) < 4.78 is 0. The van der Waals surface area contributed by atoms with Crippen molar-refractivity contribution in [3.8, 4) is 56.4 Å². The predicted molar refractivity (Wildman–Crippen MR) is 170 cm³/mol. The molecule has 0 bridgehead atoms. The Balaban J connectivity index is 1.45. The minimum atomic E-state index is 0.609. The molecule has 0 fully saturated rings. The lowest BCUT2D eigenvalue weighted by atomic mass is 9.95. The second-order valence-corrected chi connectivity index (χ2v) is 10.3. The highest BCUT2D eigenvalue weighted by Gasteiger charge is 2.16. The van der Waals surface area contributed by atoms with Gasteiger partial charge >= 0.3 is 0 Å². The number of nitrogens with zero attached hydrogens (tertiary/aromatic N) is 3. The highest BCUT2D eigenvalue weighted by Crippen LogP contribution is 2.37. The molecule has 194 valence electrons. The van der Waals surface area contributed by atoms with Crippen LogP contribution in [0.1, 0.15) is 0 Å². The van der Waals surface area contributed by atoms with E-state index in [1.807, 2.05) is 72.8 Å². The summed E-state index contributed by atoms with van der Waals surface area (Å²) >= 11 is 6.69. The van der Waals surface area contributed by atoms with Crippen molar-refractivity contribution in [2.24, 2.45) is 0 Å². The molecule has 0 saturated heterocycles. The van der Waals surface area contributed by atoms with Crippen LogP contribution >= 0.6 is 11.6 Å². The summed E-state index contributed by atoms with van der Waals surface area (Å²) in [6.45, 7) is 0. The van der Waals surface area contributed by atoms with Crippen LogP contribution in [0.2, 0.25) is 5.02 Å². The highest BCUT2D eigenvalue weighted by molar-refractivity contribution is 6.33. The van der Waals surface area contributed by atoms with Gasteiger partial charge in [0, 0.05) is 27.3 Å². The van der Waals surface area contributed by atoms with Crippen molar-refractivity contribution in [3.63, 3.8) is 0 Å². The SMILES string of the molecule is Clc1ccccc1-c1cc(-c2nc(-c3ccccc3)nc(-c3cccc(-c4ccccc4)c3)n2)cc2ccccc12. The molecule has 0 aliphatic rings. The number of benzene rings is 6. The van der Waals surface area contributed by atoms with Gasteiger partial charge in [0.05, 0.1) is 0 Å². The van der Waals surface area contributed by atoms with Crippen molar-refractivity contribution >= 4 is 22.4 Å². The molecule has 4 heteroatoms. The van der Waals surface area contributed by atoms with Crippen LogP contribution < -0.4 is 0 Å². The molecule has 3 nitrogen and oxygen atoms in total. The van der Waals surface area contributed by atoms with Gasteiger partial charge < -0.3 is 0 Å². The summed E-state index contributed by atoms with van der Waals surface area (Å²) in [5.74, 6) is 1.86. The minimum absolute atomic E-state index is 0.609. The zero-order chi connectivity index (χ0) is 27.6. The molecule has 0 atom stereocenters. The molecule has 0 aliphatic heterocycles.